The summed E-state index contributed by atoms with van der Waals surface area (Å²) in [6, 6.07) is 0. The van der Waals surface area contributed by atoms with Crippen molar-refractivity contribution in [3.8, 4) is 0 Å². The maximum atomic E-state index is 2.29. The molecule has 1 nitrogen and oxygen atoms in total. The summed E-state index contributed by atoms with van der Waals surface area (Å²) < 4.78 is 0. The summed E-state index contributed by atoms with van der Waals surface area (Å²) in [6.45, 7) is 5.80. The molecular weight excluding hydrogens is 254 g/mol. The van der Waals surface area contributed by atoms with E-state index < -0.39 is 0 Å². The maximum absolute atomic E-state index is 2.29. The van der Waals surface area contributed by atoms with Crippen LogP contribution in [0.25, 0.3) is 0 Å². The van der Waals surface area contributed by atoms with Crippen molar-refractivity contribution in [2.24, 2.45) is 0 Å². The fraction of sp³-hybridized carbons (Fsp3) is 0.765. The Hall–Kier alpha value is -0.270. The fourth-order valence-electron chi connectivity index (χ4n) is 2.63. The van der Waals surface area contributed by atoms with E-state index in [2.05, 4.69) is 32.2 Å². The molecule has 1 unspecified atom stereocenters. The summed E-state index contributed by atoms with van der Waals surface area (Å²) in [4.78, 5) is 1.56. The molecule has 1 heterocycles. The number of quaternary nitrogens is 1. The Morgan fingerprint density at radius 1 is 0.842 bits per heavy atom. The van der Waals surface area contributed by atoms with Gasteiger partial charge in [0.15, 0.2) is 0 Å². The minimum atomic E-state index is 0. The second-order valence-electron chi connectivity index (χ2n) is 5.67. The van der Waals surface area contributed by atoms with Gasteiger partial charge in [0, 0.05) is 6.92 Å². The molecule has 0 amide bonds. The number of unbranched alkanes of at least 4 members (excludes halogenated alkanes) is 9. The molecule has 0 saturated carbocycles. The molecule has 0 aliphatic carbocycles. The van der Waals surface area contributed by atoms with Crippen LogP contribution in [0, 0.1) is 0 Å². The molecule has 0 aromatic carbocycles. The van der Waals surface area contributed by atoms with Gasteiger partial charge in [0.25, 0.3) is 0 Å². The van der Waals surface area contributed by atoms with Crippen LogP contribution in [-0.4, -0.2) is 6.54 Å². The molecule has 1 aliphatic heterocycles. The SMILES string of the molecule is CCCCCCCCCCCC[NH+]1C=CC=C1C.[Cl-]. The number of nitrogens with one attached hydrogen (secondary N) is 1. The third-order valence-electron chi connectivity index (χ3n) is 3.95. The summed E-state index contributed by atoms with van der Waals surface area (Å²) >= 11 is 0. The van der Waals surface area contributed by atoms with Crippen LogP contribution in [-0.2, 0) is 0 Å². The summed E-state index contributed by atoms with van der Waals surface area (Å²) in [5.41, 5.74) is 1.48. The van der Waals surface area contributed by atoms with Gasteiger partial charge >= 0.3 is 0 Å². The molecule has 1 aliphatic rings. The number of halogens is 1. The summed E-state index contributed by atoms with van der Waals surface area (Å²) in [5.74, 6) is 0. The summed E-state index contributed by atoms with van der Waals surface area (Å²) in [6.07, 6.45) is 21.0. The first-order chi connectivity index (χ1) is 8.84. The van der Waals surface area contributed by atoms with Gasteiger partial charge in [0.2, 0.25) is 0 Å². The van der Waals surface area contributed by atoms with Crippen molar-refractivity contribution in [3.05, 3.63) is 24.0 Å². The van der Waals surface area contributed by atoms with E-state index in [-0.39, 0.29) is 12.4 Å². The number of hydrogen-bond acceptors (Lipinski definition) is 0. The Kier molecular flexibility index (Phi) is 12.6. The molecule has 2 heteroatoms. The van der Waals surface area contributed by atoms with Crippen LogP contribution in [0.15, 0.2) is 24.0 Å². The second-order valence-corrected chi connectivity index (χ2v) is 5.67. The van der Waals surface area contributed by atoms with Gasteiger partial charge in [-0.15, -0.1) is 0 Å². The van der Waals surface area contributed by atoms with E-state index in [1.54, 1.807) is 4.90 Å². The van der Waals surface area contributed by atoms with Crippen LogP contribution in [0.4, 0.5) is 0 Å². The van der Waals surface area contributed by atoms with Crippen LogP contribution < -0.4 is 17.3 Å². The van der Waals surface area contributed by atoms with Crippen molar-refractivity contribution in [1.82, 2.24) is 0 Å². The lowest BCUT2D eigenvalue weighted by atomic mass is 10.1. The minimum Gasteiger partial charge on any atom is -1.00 e. The molecule has 1 atom stereocenters. The third kappa shape index (κ3) is 9.29. The first kappa shape index (κ1) is 18.7. The molecule has 0 spiro atoms. The molecular formula is C17H32ClN. The minimum absolute atomic E-state index is 0. The zero-order valence-corrected chi connectivity index (χ0v) is 13.6. The Morgan fingerprint density at radius 2 is 1.37 bits per heavy atom. The van der Waals surface area contributed by atoms with Crippen molar-refractivity contribution in [2.75, 3.05) is 6.54 Å². The van der Waals surface area contributed by atoms with Crippen molar-refractivity contribution in [3.63, 3.8) is 0 Å². The molecule has 0 fully saturated rings. The molecule has 0 radical (unpaired) electrons. The highest BCUT2D eigenvalue weighted by Crippen LogP contribution is 2.10. The van der Waals surface area contributed by atoms with E-state index in [9.17, 15) is 0 Å². The van der Waals surface area contributed by atoms with Crippen LogP contribution in [0.2, 0.25) is 0 Å². The van der Waals surface area contributed by atoms with E-state index >= 15 is 0 Å². The molecule has 0 bridgehead atoms. The average Bonchev–Trinajstić information content (AvgIpc) is 2.77. The highest BCUT2D eigenvalue weighted by Gasteiger charge is 2.10. The van der Waals surface area contributed by atoms with Crippen molar-refractivity contribution in [1.29, 1.82) is 0 Å². The van der Waals surface area contributed by atoms with Crippen LogP contribution in [0.1, 0.15) is 78.1 Å². The van der Waals surface area contributed by atoms with Crippen LogP contribution in [0.5, 0.6) is 0 Å². The maximum Gasteiger partial charge on any atom is 0.109 e. The lowest BCUT2D eigenvalue weighted by molar-refractivity contribution is -0.802. The first-order valence-corrected chi connectivity index (χ1v) is 8.05. The monoisotopic (exact) mass is 285 g/mol. The Balaban J connectivity index is 0.00000324. The van der Waals surface area contributed by atoms with E-state index in [0.29, 0.717) is 0 Å². The van der Waals surface area contributed by atoms with E-state index in [1.807, 2.05) is 0 Å². The van der Waals surface area contributed by atoms with Gasteiger partial charge in [0.05, 0.1) is 12.7 Å². The first-order valence-electron chi connectivity index (χ1n) is 8.05. The molecule has 19 heavy (non-hydrogen) atoms. The van der Waals surface area contributed by atoms with E-state index in [0.717, 1.165) is 0 Å². The molecule has 112 valence electrons. The summed E-state index contributed by atoms with van der Waals surface area (Å²) in [7, 11) is 0. The molecule has 0 saturated heterocycles. The van der Waals surface area contributed by atoms with Gasteiger partial charge in [-0.2, -0.15) is 0 Å². The normalized spacial score (nSPS) is 17.4. The molecule has 0 aromatic heterocycles. The molecule has 1 rings (SSSR count). The van der Waals surface area contributed by atoms with Crippen LogP contribution in [0.3, 0.4) is 0 Å². The highest BCUT2D eigenvalue weighted by atomic mass is 35.5. The van der Waals surface area contributed by atoms with Crippen molar-refractivity contribution in [2.45, 2.75) is 78.1 Å². The van der Waals surface area contributed by atoms with Gasteiger partial charge in [-0.25, -0.2) is 0 Å². The van der Waals surface area contributed by atoms with Gasteiger partial charge in [-0.3, -0.25) is 4.90 Å². The lowest BCUT2D eigenvalue weighted by Gasteiger charge is -2.10. The predicted octanol–water partition coefficient (Wildman–Crippen LogP) is 1.23. The van der Waals surface area contributed by atoms with Gasteiger partial charge < -0.3 is 12.4 Å². The zero-order valence-electron chi connectivity index (χ0n) is 12.9. The Labute approximate surface area is 126 Å². The average molecular weight is 286 g/mol. The fourth-order valence-corrected chi connectivity index (χ4v) is 2.63. The Morgan fingerprint density at radius 3 is 1.84 bits per heavy atom. The topological polar surface area (TPSA) is 4.44 Å². The van der Waals surface area contributed by atoms with Gasteiger partial charge in [0.1, 0.15) is 5.70 Å². The number of rotatable bonds is 11. The second kappa shape index (κ2) is 12.7. The quantitative estimate of drug-likeness (QED) is 0.545. The number of hydrogen-bond donors (Lipinski definition) is 1. The standard InChI is InChI=1S/C17H31N.ClH/c1-3-4-5-6-7-8-9-10-11-12-15-18-16-13-14-17(18)2;/h13-14,16H,3-12,15H2,1-2H3;1H. The number of allylic oxidation sites excluding steroid dienone is 3. The smallest absolute Gasteiger partial charge is 0.109 e. The van der Waals surface area contributed by atoms with E-state index in [4.69, 9.17) is 0 Å². The predicted molar refractivity (Wildman–Crippen MR) is 80.6 cm³/mol. The third-order valence-corrected chi connectivity index (χ3v) is 3.95. The molecule has 1 N–H and O–H groups in total. The Bertz CT molecular complexity index is 258. The zero-order chi connectivity index (χ0) is 13.1. The van der Waals surface area contributed by atoms with Crippen molar-refractivity contribution >= 4 is 0 Å². The highest BCUT2D eigenvalue weighted by molar-refractivity contribution is 5.08. The van der Waals surface area contributed by atoms with E-state index in [1.165, 1.54) is 76.5 Å². The largest absolute Gasteiger partial charge is 1.00 e. The summed E-state index contributed by atoms with van der Waals surface area (Å²) in [5, 5.41) is 0. The van der Waals surface area contributed by atoms with Gasteiger partial charge in [-0.1, -0.05) is 58.3 Å². The van der Waals surface area contributed by atoms with Crippen LogP contribution >= 0.6 is 0 Å². The lowest BCUT2D eigenvalue weighted by Crippen LogP contribution is -3.04. The van der Waals surface area contributed by atoms with Crippen molar-refractivity contribution < 1.29 is 17.3 Å². The van der Waals surface area contributed by atoms with Gasteiger partial charge in [-0.05, 0) is 25.0 Å². The molecule has 0 aromatic rings.